The molecule has 0 saturated carbocycles. The first kappa shape index (κ1) is 12.5. The van der Waals surface area contributed by atoms with Crippen molar-refractivity contribution in [2.45, 2.75) is 37.8 Å². The van der Waals surface area contributed by atoms with Crippen molar-refractivity contribution in [1.29, 1.82) is 0 Å². The summed E-state index contributed by atoms with van der Waals surface area (Å²) in [6, 6.07) is 6.64. The van der Waals surface area contributed by atoms with Crippen LogP contribution in [0.5, 0.6) is 0 Å². The van der Waals surface area contributed by atoms with Crippen LogP contribution in [0.15, 0.2) is 24.3 Å². The highest BCUT2D eigenvalue weighted by molar-refractivity contribution is 5.17. The van der Waals surface area contributed by atoms with Crippen LogP contribution in [-0.4, -0.2) is 18.8 Å². The Morgan fingerprint density at radius 2 is 2.12 bits per heavy atom. The van der Waals surface area contributed by atoms with Crippen molar-refractivity contribution < 1.29 is 9.13 Å². The van der Waals surface area contributed by atoms with Crippen molar-refractivity contribution in [2.24, 2.45) is 5.84 Å². The van der Waals surface area contributed by atoms with Gasteiger partial charge in [-0.25, -0.2) is 4.39 Å². The van der Waals surface area contributed by atoms with E-state index in [1.165, 1.54) is 18.6 Å². The molecule has 1 aliphatic rings. The van der Waals surface area contributed by atoms with Gasteiger partial charge in [-0.1, -0.05) is 12.1 Å². The predicted molar refractivity (Wildman–Crippen MR) is 64.8 cm³/mol. The summed E-state index contributed by atoms with van der Waals surface area (Å²) in [7, 11) is 0. The van der Waals surface area contributed by atoms with E-state index in [0.717, 1.165) is 31.4 Å². The fourth-order valence-electron chi connectivity index (χ4n) is 2.26. The highest BCUT2D eigenvalue weighted by atomic mass is 19.1. The molecule has 1 heterocycles. The highest BCUT2D eigenvalue weighted by Crippen LogP contribution is 2.18. The number of hydrogen-bond acceptors (Lipinski definition) is 3. The van der Waals surface area contributed by atoms with Gasteiger partial charge in [-0.3, -0.25) is 11.3 Å². The molecule has 2 rings (SSSR count). The zero-order valence-corrected chi connectivity index (χ0v) is 9.86. The van der Waals surface area contributed by atoms with Crippen molar-refractivity contribution in [3.63, 3.8) is 0 Å². The third kappa shape index (κ3) is 3.49. The first-order valence-electron chi connectivity index (χ1n) is 6.12. The predicted octanol–water partition coefficient (Wildman–Crippen LogP) is 1.77. The van der Waals surface area contributed by atoms with Gasteiger partial charge in [0.15, 0.2) is 0 Å². The molecule has 0 aromatic heterocycles. The van der Waals surface area contributed by atoms with Crippen LogP contribution in [-0.2, 0) is 11.2 Å². The molecule has 94 valence electrons. The van der Waals surface area contributed by atoms with E-state index in [0.29, 0.717) is 0 Å². The molecule has 3 nitrogen and oxygen atoms in total. The van der Waals surface area contributed by atoms with Crippen LogP contribution in [0.4, 0.5) is 4.39 Å². The quantitative estimate of drug-likeness (QED) is 0.621. The van der Waals surface area contributed by atoms with Crippen LogP contribution in [0.1, 0.15) is 24.8 Å². The second-order valence-electron chi connectivity index (χ2n) is 4.51. The minimum atomic E-state index is -0.208. The summed E-state index contributed by atoms with van der Waals surface area (Å²) in [5.74, 6) is 5.37. The minimum absolute atomic E-state index is 0.0979. The van der Waals surface area contributed by atoms with Gasteiger partial charge in [0.2, 0.25) is 0 Å². The molecule has 1 aliphatic heterocycles. The average molecular weight is 238 g/mol. The number of ether oxygens (including phenoxy) is 1. The number of hydrogen-bond donors (Lipinski definition) is 2. The number of halogens is 1. The molecular weight excluding hydrogens is 219 g/mol. The Morgan fingerprint density at radius 3 is 2.71 bits per heavy atom. The normalized spacial score (nSPS) is 22.4. The molecule has 0 bridgehead atoms. The molecule has 1 saturated heterocycles. The largest absolute Gasteiger partial charge is 0.377 e. The maximum atomic E-state index is 12.8. The molecule has 0 aliphatic carbocycles. The van der Waals surface area contributed by atoms with Crippen LogP contribution in [0, 0.1) is 5.82 Å². The van der Waals surface area contributed by atoms with Crippen molar-refractivity contribution >= 4 is 0 Å². The first-order valence-corrected chi connectivity index (χ1v) is 6.12. The molecule has 17 heavy (non-hydrogen) atoms. The monoisotopic (exact) mass is 238 g/mol. The Kier molecular flexibility index (Phi) is 4.48. The van der Waals surface area contributed by atoms with Gasteiger partial charge >= 0.3 is 0 Å². The summed E-state index contributed by atoms with van der Waals surface area (Å²) in [5, 5.41) is 0. The van der Waals surface area contributed by atoms with Gasteiger partial charge in [-0.05, 0) is 43.4 Å². The van der Waals surface area contributed by atoms with Crippen molar-refractivity contribution in [2.75, 3.05) is 6.61 Å². The zero-order valence-electron chi connectivity index (χ0n) is 9.86. The van der Waals surface area contributed by atoms with E-state index < -0.39 is 0 Å². The Balaban J connectivity index is 1.96. The Labute approximate surface area is 101 Å². The molecule has 0 amide bonds. The molecule has 1 fully saturated rings. The number of rotatable bonds is 4. The highest BCUT2D eigenvalue weighted by Gasteiger charge is 2.23. The van der Waals surface area contributed by atoms with Crippen LogP contribution < -0.4 is 11.3 Å². The van der Waals surface area contributed by atoms with E-state index >= 15 is 0 Å². The first-order chi connectivity index (χ1) is 8.29. The fraction of sp³-hybridized carbons (Fsp3) is 0.538. The molecule has 1 aromatic carbocycles. The van der Waals surface area contributed by atoms with Gasteiger partial charge < -0.3 is 4.74 Å². The van der Waals surface area contributed by atoms with Crippen molar-refractivity contribution in [1.82, 2.24) is 5.43 Å². The van der Waals surface area contributed by atoms with E-state index in [9.17, 15) is 4.39 Å². The summed E-state index contributed by atoms with van der Waals surface area (Å²) in [4.78, 5) is 0. The van der Waals surface area contributed by atoms with E-state index in [2.05, 4.69) is 5.43 Å². The maximum absolute atomic E-state index is 12.8. The SMILES string of the molecule is NNC(Cc1ccc(F)cc1)C1CCCCO1. The second-order valence-corrected chi connectivity index (χ2v) is 4.51. The molecule has 2 atom stereocenters. The van der Waals surface area contributed by atoms with Gasteiger partial charge in [0, 0.05) is 6.61 Å². The number of nitrogens with one attached hydrogen (secondary N) is 1. The van der Waals surface area contributed by atoms with E-state index in [1.54, 1.807) is 12.1 Å². The van der Waals surface area contributed by atoms with Crippen LogP contribution >= 0.6 is 0 Å². The summed E-state index contributed by atoms with van der Waals surface area (Å²) in [5.41, 5.74) is 3.89. The summed E-state index contributed by atoms with van der Waals surface area (Å²) >= 11 is 0. The lowest BCUT2D eigenvalue weighted by Gasteiger charge is -2.30. The Hall–Kier alpha value is -0.970. The summed E-state index contributed by atoms with van der Waals surface area (Å²) in [6.07, 6.45) is 4.28. The average Bonchev–Trinajstić information content (AvgIpc) is 2.39. The molecule has 0 spiro atoms. The molecule has 3 N–H and O–H groups in total. The van der Waals surface area contributed by atoms with Gasteiger partial charge in [-0.2, -0.15) is 0 Å². The van der Waals surface area contributed by atoms with E-state index in [1.807, 2.05) is 0 Å². The number of benzene rings is 1. The lowest BCUT2D eigenvalue weighted by molar-refractivity contribution is -0.00744. The molecular formula is C13H19FN2O. The van der Waals surface area contributed by atoms with E-state index in [-0.39, 0.29) is 18.0 Å². The van der Waals surface area contributed by atoms with E-state index in [4.69, 9.17) is 10.6 Å². The van der Waals surface area contributed by atoms with Gasteiger partial charge in [0.25, 0.3) is 0 Å². The molecule has 2 unspecified atom stereocenters. The Bertz CT molecular complexity index is 336. The third-order valence-electron chi connectivity index (χ3n) is 3.25. The van der Waals surface area contributed by atoms with Crippen LogP contribution in [0.25, 0.3) is 0 Å². The lowest BCUT2D eigenvalue weighted by Crippen LogP contribution is -2.47. The van der Waals surface area contributed by atoms with Gasteiger partial charge in [0.1, 0.15) is 5.82 Å². The summed E-state index contributed by atoms with van der Waals surface area (Å²) < 4.78 is 18.5. The number of nitrogens with two attached hydrogens (primary N) is 1. The summed E-state index contributed by atoms with van der Waals surface area (Å²) in [6.45, 7) is 0.812. The van der Waals surface area contributed by atoms with Crippen LogP contribution in [0.3, 0.4) is 0 Å². The standard InChI is InChI=1S/C13H19FN2O/c14-11-6-4-10(5-7-11)9-12(16-15)13-3-1-2-8-17-13/h4-7,12-13,16H,1-3,8-9,15H2. The fourth-order valence-corrected chi connectivity index (χ4v) is 2.26. The molecule has 0 radical (unpaired) electrons. The minimum Gasteiger partial charge on any atom is -0.377 e. The second kappa shape index (κ2) is 6.10. The Morgan fingerprint density at radius 1 is 1.35 bits per heavy atom. The van der Waals surface area contributed by atoms with Crippen molar-refractivity contribution in [3.05, 3.63) is 35.6 Å². The van der Waals surface area contributed by atoms with Gasteiger partial charge in [0.05, 0.1) is 12.1 Å². The zero-order chi connectivity index (χ0) is 12.1. The maximum Gasteiger partial charge on any atom is 0.123 e. The topological polar surface area (TPSA) is 47.3 Å². The van der Waals surface area contributed by atoms with Crippen molar-refractivity contribution in [3.8, 4) is 0 Å². The van der Waals surface area contributed by atoms with Crippen LogP contribution in [0.2, 0.25) is 0 Å². The number of hydrazine groups is 1. The smallest absolute Gasteiger partial charge is 0.123 e. The molecule has 4 heteroatoms. The lowest BCUT2D eigenvalue weighted by atomic mass is 9.96. The molecule has 1 aromatic rings. The third-order valence-corrected chi connectivity index (χ3v) is 3.25. The van der Waals surface area contributed by atoms with Gasteiger partial charge in [-0.15, -0.1) is 0 Å².